The van der Waals surface area contributed by atoms with Gasteiger partial charge in [0.25, 0.3) is 0 Å². The number of aromatic nitrogens is 2. The number of esters is 1. The molecule has 0 bridgehead atoms. The Bertz CT molecular complexity index is 706. The highest BCUT2D eigenvalue weighted by molar-refractivity contribution is 6.01. The number of hydrogen-bond donors (Lipinski definition) is 2. The van der Waals surface area contributed by atoms with Gasteiger partial charge in [-0.1, -0.05) is 5.16 Å². The van der Waals surface area contributed by atoms with E-state index in [0.717, 1.165) is 16.5 Å². The number of nitrogens with two attached hydrogens (primary N) is 1. The number of fused-ring (bicyclic) bond motifs is 1. The molecule has 0 spiro atoms. The maximum atomic E-state index is 11.3. The number of oxime groups is 1. The number of carbonyl (C=O) groups is 1. The Labute approximate surface area is 128 Å². The van der Waals surface area contributed by atoms with Crippen LogP contribution in [0.1, 0.15) is 30.9 Å². The van der Waals surface area contributed by atoms with Crippen LogP contribution in [0.3, 0.4) is 0 Å². The molecule has 7 nitrogen and oxygen atoms in total. The Morgan fingerprint density at radius 1 is 1.50 bits per heavy atom. The van der Waals surface area contributed by atoms with Gasteiger partial charge in [-0.15, -0.1) is 0 Å². The van der Waals surface area contributed by atoms with Gasteiger partial charge in [0.1, 0.15) is 0 Å². The van der Waals surface area contributed by atoms with Crippen LogP contribution in [-0.2, 0) is 16.1 Å². The summed E-state index contributed by atoms with van der Waals surface area (Å²) in [5, 5.41) is 17.1. The summed E-state index contributed by atoms with van der Waals surface area (Å²) < 4.78 is 6.75. The molecule has 0 unspecified atom stereocenters. The van der Waals surface area contributed by atoms with E-state index in [1.54, 1.807) is 13.1 Å². The van der Waals surface area contributed by atoms with E-state index >= 15 is 0 Å². The summed E-state index contributed by atoms with van der Waals surface area (Å²) in [6.07, 6.45) is 2.76. The first kappa shape index (κ1) is 15.8. The molecular formula is C15H20N4O3. The fourth-order valence-corrected chi connectivity index (χ4v) is 2.34. The van der Waals surface area contributed by atoms with Crippen LogP contribution in [0.5, 0.6) is 0 Å². The largest absolute Gasteiger partial charge is 0.466 e. The Morgan fingerprint density at radius 3 is 2.95 bits per heavy atom. The average molecular weight is 304 g/mol. The van der Waals surface area contributed by atoms with Crippen LogP contribution in [-0.4, -0.2) is 33.4 Å². The van der Waals surface area contributed by atoms with E-state index in [1.807, 2.05) is 23.7 Å². The Morgan fingerprint density at radius 2 is 2.27 bits per heavy atom. The van der Waals surface area contributed by atoms with Gasteiger partial charge in [-0.05, 0) is 38.0 Å². The Hall–Kier alpha value is -2.57. The number of benzene rings is 1. The summed E-state index contributed by atoms with van der Waals surface area (Å²) in [5.74, 6) is -0.112. The molecule has 0 aliphatic heterocycles. The topological polar surface area (TPSA) is 103 Å². The van der Waals surface area contributed by atoms with Gasteiger partial charge in [0.15, 0.2) is 5.84 Å². The molecule has 0 fully saturated rings. The molecule has 0 aliphatic carbocycles. The van der Waals surface area contributed by atoms with Gasteiger partial charge in [0, 0.05) is 23.9 Å². The van der Waals surface area contributed by atoms with Gasteiger partial charge in [0.05, 0.1) is 18.3 Å². The Balaban J connectivity index is 2.16. The molecule has 0 atom stereocenters. The third-order valence-electron chi connectivity index (χ3n) is 3.43. The lowest BCUT2D eigenvalue weighted by Gasteiger charge is -2.07. The second-order valence-corrected chi connectivity index (χ2v) is 4.99. The fourth-order valence-electron chi connectivity index (χ4n) is 2.34. The van der Waals surface area contributed by atoms with Gasteiger partial charge in [-0.2, -0.15) is 5.10 Å². The van der Waals surface area contributed by atoms with E-state index < -0.39 is 0 Å². The standard InChI is InChI=1S/C15H20N4O3/c1-3-22-14(20)5-4-6-19-13-7-10(2)12(15(16)18-21)8-11(13)9-17-19/h7-9,21H,3-6H2,1-2H3,(H2,16,18). The van der Waals surface area contributed by atoms with Crippen LogP contribution in [0, 0.1) is 6.92 Å². The molecule has 7 heteroatoms. The third kappa shape index (κ3) is 3.36. The molecule has 0 amide bonds. The number of aryl methyl sites for hydroxylation is 2. The highest BCUT2D eigenvalue weighted by Gasteiger charge is 2.10. The first-order valence-corrected chi connectivity index (χ1v) is 7.16. The molecule has 0 radical (unpaired) electrons. The molecule has 0 aliphatic rings. The highest BCUT2D eigenvalue weighted by atomic mass is 16.5. The lowest BCUT2D eigenvalue weighted by atomic mass is 10.1. The average Bonchev–Trinajstić information content (AvgIpc) is 2.88. The van der Waals surface area contributed by atoms with Gasteiger partial charge in [0.2, 0.25) is 0 Å². The number of rotatable bonds is 6. The molecule has 118 valence electrons. The van der Waals surface area contributed by atoms with Gasteiger partial charge < -0.3 is 15.7 Å². The lowest BCUT2D eigenvalue weighted by molar-refractivity contribution is -0.143. The molecular weight excluding hydrogens is 284 g/mol. The van der Waals surface area contributed by atoms with Crippen LogP contribution in [0.25, 0.3) is 10.9 Å². The number of hydrogen-bond acceptors (Lipinski definition) is 5. The number of amidine groups is 1. The minimum Gasteiger partial charge on any atom is -0.466 e. The van der Waals surface area contributed by atoms with E-state index in [-0.39, 0.29) is 11.8 Å². The first-order valence-electron chi connectivity index (χ1n) is 7.16. The van der Waals surface area contributed by atoms with Crippen LogP contribution < -0.4 is 5.73 Å². The first-order chi connectivity index (χ1) is 10.6. The van der Waals surface area contributed by atoms with Crippen molar-refractivity contribution < 1.29 is 14.7 Å². The summed E-state index contributed by atoms with van der Waals surface area (Å²) in [7, 11) is 0. The van der Waals surface area contributed by atoms with E-state index in [4.69, 9.17) is 15.7 Å². The number of carbonyl (C=O) groups excluding carboxylic acids is 1. The predicted octanol–water partition coefficient (Wildman–Crippen LogP) is 1.78. The van der Waals surface area contributed by atoms with E-state index in [1.165, 1.54) is 0 Å². The van der Waals surface area contributed by atoms with Crippen molar-refractivity contribution in [1.29, 1.82) is 0 Å². The minimum atomic E-state index is -0.190. The monoisotopic (exact) mass is 304 g/mol. The van der Waals surface area contributed by atoms with Gasteiger partial charge in [-0.25, -0.2) is 0 Å². The fraction of sp³-hybridized carbons (Fsp3) is 0.400. The van der Waals surface area contributed by atoms with Crippen molar-refractivity contribution in [3.05, 3.63) is 29.5 Å². The van der Waals surface area contributed by atoms with Crippen LogP contribution >= 0.6 is 0 Å². The normalized spacial score (nSPS) is 11.8. The Kier molecular flexibility index (Phi) is 4.98. The summed E-state index contributed by atoms with van der Waals surface area (Å²) in [6.45, 7) is 4.72. The summed E-state index contributed by atoms with van der Waals surface area (Å²) in [5.41, 5.74) is 8.19. The zero-order valence-corrected chi connectivity index (χ0v) is 12.7. The van der Waals surface area contributed by atoms with Crippen molar-refractivity contribution in [2.75, 3.05) is 6.61 Å². The molecule has 0 saturated carbocycles. The maximum Gasteiger partial charge on any atom is 0.305 e. The minimum absolute atomic E-state index is 0.0782. The van der Waals surface area contributed by atoms with Gasteiger partial charge in [-0.3, -0.25) is 9.48 Å². The third-order valence-corrected chi connectivity index (χ3v) is 3.43. The van der Waals surface area contributed by atoms with Crippen molar-refractivity contribution in [2.45, 2.75) is 33.2 Å². The van der Waals surface area contributed by atoms with Crippen molar-refractivity contribution in [3.8, 4) is 0 Å². The molecule has 22 heavy (non-hydrogen) atoms. The van der Waals surface area contributed by atoms with E-state index in [9.17, 15) is 4.79 Å². The molecule has 0 saturated heterocycles. The summed E-state index contributed by atoms with van der Waals surface area (Å²) >= 11 is 0. The summed E-state index contributed by atoms with van der Waals surface area (Å²) in [4.78, 5) is 11.3. The molecule has 1 aromatic carbocycles. The van der Waals surface area contributed by atoms with E-state index in [0.29, 0.717) is 31.6 Å². The second kappa shape index (κ2) is 6.93. The van der Waals surface area contributed by atoms with Crippen molar-refractivity contribution in [1.82, 2.24) is 9.78 Å². The zero-order chi connectivity index (χ0) is 16.1. The zero-order valence-electron chi connectivity index (χ0n) is 12.7. The smallest absolute Gasteiger partial charge is 0.305 e. The van der Waals surface area contributed by atoms with Crippen LogP contribution in [0.4, 0.5) is 0 Å². The lowest BCUT2D eigenvalue weighted by Crippen LogP contribution is -2.14. The molecule has 2 rings (SSSR count). The van der Waals surface area contributed by atoms with Gasteiger partial charge >= 0.3 is 5.97 Å². The van der Waals surface area contributed by atoms with E-state index in [2.05, 4.69) is 10.3 Å². The van der Waals surface area contributed by atoms with Crippen LogP contribution in [0.2, 0.25) is 0 Å². The SMILES string of the molecule is CCOC(=O)CCCn1ncc2cc(C(N)=NO)c(C)cc21. The van der Waals surface area contributed by atoms with Crippen molar-refractivity contribution in [2.24, 2.45) is 10.9 Å². The molecule has 3 N–H and O–H groups in total. The molecule has 1 aromatic heterocycles. The second-order valence-electron chi connectivity index (χ2n) is 4.99. The molecule has 1 heterocycles. The predicted molar refractivity (Wildman–Crippen MR) is 82.8 cm³/mol. The van der Waals surface area contributed by atoms with Crippen molar-refractivity contribution >= 4 is 22.7 Å². The quantitative estimate of drug-likeness (QED) is 0.278. The number of ether oxygens (including phenoxy) is 1. The number of nitrogens with zero attached hydrogens (tertiary/aromatic N) is 3. The highest BCUT2D eigenvalue weighted by Crippen LogP contribution is 2.20. The van der Waals surface area contributed by atoms with Crippen molar-refractivity contribution in [3.63, 3.8) is 0 Å². The van der Waals surface area contributed by atoms with Crippen LogP contribution in [0.15, 0.2) is 23.5 Å². The summed E-state index contributed by atoms with van der Waals surface area (Å²) in [6, 6.07) is 3.79. The molecule has 2 aromatic rings. The maximum absolute atomic E-state index is 11.3.